The standard InChI is InChI=1S/C15H15ClFNO/c1-9-7-11(9)14-6-5-10(19-14)8-18-15-12(16)3-2-4-13(15)17/h2-6,9,11,18H,7-8H2,1H3. The van der Waals surface area contributed by atoms with Crippen LogP contribution < -0.4 is 5.32 Å². The molecule has 0 bridgehead atoms. The first-order valence-corrected chi connectivity index (χ1v) is 6.79. The Balaban J connectivity index is 1.67. The van der Waals surface area contributed by atoms with E-state index in [1.807, 2.05) is 12.1 Å². The summed E-state index contributed by atoms with van der Waals surface area (Å²) in [7, 11) is 0. The maximum absolute atomic E-state index is 13.6. The summed E-state index contributed by atoms with van der Waals surface area (Å²) in [5.74, 6) is 2.76. The molecule has 1 aromatic carbocycles. The van der Waals surface area contributed by atoms with Gasteiger partial charge in [-0.25, -0.2) is 4.39 Å². The Hall–Kier alpha value is -1.48. The lowest BCUT2D eigenvalue weighted by molar-refractivity contribution is 0.467. The molecular weight excluding hydrogens is 265 g/mol. The van der Waals surface area contributed by atoms with E-state index in [1.54, 1.807) is 12.1 Å². The predicted molar refractivity (Wildman–Crippen MR) is 74.0 cm³/mol. The Bertz CT molecular complexity index is 575. The average molecular weight is 280 g/mol. The van der Waals surface area contributed by atoms with E-state index in [4.69, 9.17) is 16.0 Å². The molecule has 0 amide bonds. The number of rotatable bonds is 4. The summed E-state index contributed by atoms with van der Waals surface area (Å²) >= 11 is 5.95. The van der Waals surface area contributed by atoms with Gasteiger partial charge in [-0.1, -0.05) is 24.6 Å². The van der Waals surface area contributed by atoms with Gasteiger partial charge in [0, 0.05) is 5.92 Å². The Morgan fingerprint density at radius 2 is 2.16 bits per heavy atom. The van der Waals surface area contributed by atoms with Crippen molar-refractivity contribution in [1.82, 2.24) is 0 Å². The molecule has 0 saturated heterocycles. The zero-order valence-electron chi connectivity index (χ0n) is 10.6. The molecule has 2 nitrogen and oxygen atoms in total. The number of hydrogen-bond acceptors (Lipinski definition) is 2. The number of nitrogens with one attached hydrogen (secondary N) is 1. The SMILES string of the molecule is CC1CC1c1ccc(CNc2c(F)cccc2Cl)o1. The minimum Gasteiger partial charge on any atom is -0.464 e. The lowest BCUT2D eigenvalue weighted by atomic mass is 10.3. The molecule has 1 aromatic heterocycles. The lowest BCUT2D eigenvalue weighted by Crippen LogP contribution is -2.01. The van der Waals surface area contributed by atoms with Crippen LogP contribution in [0.1, 0.15) is 30.8 Å². The van der Waals surface area contributed by atoms with Gasteiger partial charge in [-0.2, -0.15) is 0 Å². The van der Waals surface area contributed by atoms with Gasteiger partial charge in [-0.15, -0.1) is 0 Å². The second-order valence-electron chi connectivity index (χ2n) is 5.07. The molecule has 2 unspecified atom stereocenters. The van der Waals surface area contributed by atoms with Gasteiger partial charge in [0.2, 0.25) is 0 Å². The number of furan rings is 1. The van der Waals surface area contributed by atoms with Crippen molar-refractivity contribution in [3.63, 3.8) is 0 Å². The van der Waals surface area contributed by atoms with E-state index in [0.717, 1.165) is 11.5 Å². The smallest absolute Gasteiger partial charge is 0.147 e. The molecule has 1 aliphatic carbocycles. The van der Waals surface area contributed by atoms with E-state index in [2.05, 4.69) is 12.2 Å². The molecule has 2 aromatic rings. The van der Waals surface area contributed by atoms with Gasteiger partial charge in [0.1, 0.15) is 17.3 Å². The molecular formula is C15H15ClFNO. The Kier molecular flexibility index (Phi) is 3.23. The topological polar surface area (TPSA) is 25.2 Å². The van der Waals surface area contributed by atoms with Gasteiger partial charge in [-0.3, -0.25) is 0 Å². The zero-order chi connectivity index (χ0) is 13.4. The monoisotopic (exact) mass is 279 g/mol. The van der Waals surface area contributed by atoms with Crippen LogP contribution in [0, 0.1) is 11.7 Å². The molecule has 1 fully saturated rings. The van der Waals surface area contributed by atoms with Crippen molar-refractivity contribution in [2.75, 3.05) is 5.32 Å². The van der Waals surface area contributed by atoms with E-state index in [-0.39, 0.29) is 5.82 Å². The van der Waals surface area contributed by atoms with Gasteiger partial charge in [0.25, 0.3) is 0 Å². The largest absolute Gasteiger partial charge is 0.464 e. The first kappa shape index (κ1) is 12.5. The van der Waals surface area contributed by atoms with Crippen molar-refractivity contribution in [2.24, 2.45) is 5.92 Å². The van der Waals surface area contributed by atoms with E-state index in [9.17, 15) is 4.39 Å². The Labute approximate surface area is 116 Å². The highest BCUT2D eigenvalue weighted by atomic mass is 35.5. The maximum atomic E-state index is 13.6. The zero-order valence-corrected chi connectivity index (χ0v) is 11.4. The number of para-hydroxylation sites is 1. The molecule has 4 heteroatoms. The summed E-state index contributed by atoms with van der Waals surface area (Å²) in [5, 5.41) is 3.36. The molecule has 0 spiro atoms. The third kappa shape index (κ3) is 2.61. The first-order chi connectivity index (χ1) is 9.15. The van der Waals surface area contributed by atoms with Crippen molar-refractivity contribution < 1.29 is 8.81 Å². The summed E-state index contributed by atoms with van der Waals surface area (Å²) in [4.78, 5) is 0. The molecule has 0 radical (unpaired) electrons. The lowest BCUT2D eigenvalue weighted by Gasteiger charge is -2.07. The van der Waals surface area contributed by atoms with Crippen molar-refractivity contribution in [3.8, 4) is 0 Å². The normalized spacial score (nSPS) is 21.4. The molecule has 1 heterocycles. The summed E-state index contributed by atoms with van der Waals surface area (Å²) in [6.07, 6.45) is 1.19. The molecule has 1 N–H and O–H groups in total. The van der Waals surface area contributed by atoms with E-state index in [0.29, 0.717) is 29.1 Å². The van der Waals surface area contributed by atoms with Crippen molar-refractivity contribution in [3.05, 3.63) is 52.7 Å². The van der Waals surface area contributed by atoms with Crippen molar-refractivity contribution in [1.29, 1.82) is 0 Å². The van der Waals surface area contributed by atoms with Crippen LogP contribution in [-0.2, 0) is 6.54 Å². The summed E-state index contributed by atoms with van der Waals surface area (Å²) in [6, 6.07) is 8.57. The molecule has 0 aliphatic heterocycles. The minimum absolute atomic E-state index is 0.321. The summed E-state index contributed by atoms with van der Waals surface area (Å²) in [6.45, 7) is 2.64. The number of halogens is 2. The predicted octanol–water partition coefficient (Wildman–Crippen LogP) is 4.81. The highest BCUT2D eigenvalue weighted by Crippen LogP contribution is 2.47. The van der Waals surface area contributed by atoms with Crippen LogP contribution in [0.5, 0.6) is 0 Å². The number of benzene rings is 1. The second-order valence-corrected chi connectivity index (χ2v) is 5.48. The van der Waals surface area contributed by atoms with Crippen LogP contribution >= 0.6 is 11.6 Å². The number of hydrogen-bond donors (Lipinski definition) is 1. The van der Waals surface area contributed by atoms with Crippen molar-refractivity contribution >= 4 is 17.3 Å². The number of anilines is 1. The van der Waals surface area contributed by atoms with Crippen LogP contribution in [0.2, 0.25) is 5.02 Å². The Morgan fingerprint density at radius 3 is 2.84 bits per heavy atom. The van der Waals surface area contributed by atoms with Gasteiger partial charge in [0.15, 0.2) is 0 Å². The molecule has 3 rings (SSSR count). The molecule has 2 atom stereocenters. The molecule has 1 aliphatic rings. The Morgan fingerprint density at radius 1 is 1.37 bits per heavy atom. The minimum atomic E-state index is -0.352. The first-order valence-electron chi connectivity index (χ1n) is 6.41. The van der Waals surface area contributed by atoms with Gasteiger partial charge in [-0.05, 0) is 36.6 Å². The van der Waals surface area contributed by atoms with Gasteiger partial charge in [0.05, 0.1) is 17.3 Å². The average Bonchev–Trinajstić information content (AvgIpc) is 2.92. The van der Waals surface area contributed by atoms with Crippen LogP contribution in [-0.4, -0.2) is 0 Å². The summed E-state index contributed by atoms with van der Waals surface area (Å²) < 4.78 is 19.3. The molecule has 100 valence electrons. The van der Waals surface area contributed by atoms with Crippen LogP contribution in [0.25, 0.3) is 0 Å². The maximum Gasteiger partial charge on any atom is 0.147 e. The van der Waals surface area contributed by atoms with E-state index in [1.165, 1.54) is 12.5 Å². The van der Waals surface area contributed by atoms with E-state index >= 15 is 0 Å². The fraction of sp³-hybridized carbons (Fsp3) is 0.333. The van der Waals surface area contributed by atoms with Gasteiger partial charge >= 0.3 is 0 Å². The molecule has 19 heavy (non-hydrogen) atoms. The molecule has 1 saturated carbocycles. The second kappa shape index (κ2) is 4.89. The van der Waals surface area contributed by atoms with Crippen LogP contribution in [0.15, 0.2) is 34.7 Å². The highest BCUT2D eigenvalue weighted by molar-refractivity contribution is 6.33. The third-order valence-electron chi connectivity index (χ3n) is 3.56. The highest BCUT2D eigenvalue weighted by Gasteiger charge is 2.36. The fourth-order valence-corrected chi connectivity index (χ4v) is 2.48. The van der Waals surface area contributed by atoms with Crippen LogP contribution in [0.4, 0.5) is 10.1 Å². The van der Waals surface area contributed by atoms with Gasteiger partial charge < -0.3 is 9.73 Å². The van der Waals surface area contributed by atoms with Crippen molar-refractivity contribution in [2.45, 2.75) is 25.8 Å². The quantitative estimate of drug-likeness (QED) is 0.869. The van der Waals surface area contributed by atoms with E-state index < -0.39 is 0 Å². The van der Waals surface area contributed by atoms with Crippen LogP contribution in [0.3, 0.4) is 0 Å². The summed E-state index contributed by atoms with van der Waals surface area (Å²) in [5.41, 5.74) is 0.321. The third-order valence-corrected chi connectivity index (χ3v) is 3.87. The fourth-order valence-electron chi connectivity index (χ4n) is 2.25.